The van der Waals surface area contributed by atoms with Crippen LogP contribution in [0.3, 0.4) is 0 Å². The van der Waals surface area contributed by atoms with Crippen LogP contribution >= 0.6 is 39.0 Å². The topological polar surface area (TPSA) is 44.1 Å². The molecule has 2 heterocycles. The molecule has 4 aromatic rings. The second kappa shape index (κ2) is 10.2. The normalized spacial score (nSPS) is 11.2. The van der Waals surface area contributed by atoms with Crippen molar-refractivity contribution < 1.29 is 4.74 Å². The third-order valence-electron chi connectivity index (χ3n) is 5.20. The van der Waals surface area contributed by atoms with Crippen molar-refractivity contribution in [3.8, 4) is 11.4 Å². The van der Waals surface area contributed by atoms with Gasteiger partial charge in [-0.25, -0.2) is 4.98 Å². The van der Waals surface area contributed by atoms with Crippen LogP contribution in [0.2, 0.25) is 0 Å². The number of hydrogen-bond donors (Lipinski definition) is 0. The molecule has 0 N–H and O–H groups in total. The zero-order valence-corrected chi connectivity index (χ0v) is 21.6. The summed E-state index contributed by atoms with van der Waals surface area (Å²) < 4.78 is 8.38. The number of thiophene rings is 1. The molecule has 0 radical (unpaired) electrons. The van der Waals surface area contributed by atoms with Crippen LogP contribution in [0.15, 0.2) is 63.0 Å². The maximum atomic E-state index is 13.7. The lowest BCUT2D eigenvalue weighted by atomic mass is 10.1. The van der Waals surface area contributed by atoms with E-state index in [4.69, 9.17) is 9.72 Å². The number of ether oxygens (including phenoxy) is 1. The summed E-state index contributed by atoms with van der Waals surface area (Å²) in [6, 6.07) is 15.9. The van der Waals surface area contributed by atoms with E-state index in [0.29, 0.717) is 11.8 Å². The molecule has 0 fully saturated rings. The van der Waals surface area contributed by atoms with Crippen molar-refractivity contribution in [1.82, 2.24) is 9.55 Å². The summed E-state index contributed by atoms with van der Waals surface area (Å²) in [5.41, 5.74) is 3.04. The first-order valence-corrected chi connectivity index (χ1v) is 13.3. The number of rotatable bonds is 8. The van der Waals surface area contributed by atoms with E-state index in [9.17, 15) is 4.79 Å². The van der Waals surface area contributed by atoms with Crippen molar-refractivity contribution in [3.63, 3.8) is 0 Å². The van der Waals surface area contributed by atoms with Crippen molar-refractivity contribution in [1.29, 1.82) is 0 Å². The molecule has 2 aromatic carbocycles. The summed E-state index contributed by atoms with van der Waals surface area (Å²) in [6.07, 6.45) is 2.02. The predicted molar refractivity (Wildman–Crippen MR) is 139 cm³/mol. The average Bonchev–Trinajstić information content (AvgIpc) is 3.10. The number of hydrogen-bond acceptors (Lipinski definition) is 5. The Morgan fingerprint density at radius 3 is 2.47 bits per heavy atom. The van der Waals surface area contributed by atoms with E-state index < -0.39 is 0 Å². The fourth-order valence-electron chi connectivity index (χ4n) is 3.59. The van der Waals surface area contributed by atoms with Gasteiger partial charge in [0.05, 0.1) is 17.7 Å². The van der Waals surface area contributed by atoms with Gasteiger partial charge in [0.1, 0.15) is 10.6 Å². The summed E-state index contributed by atoms with van der Waals surface area (Å²) in [4.78, 5) is 20.8. The maximum Gasteiger partial charge on any atom is 0.267 e. The van der Waals surface area contributed by atoms with Crippen LogP contribution in [0.5, 0.6) is 5.75 Å². The molecule has 0 atom stereocenters. The van der Waals surface area contributed by atoms with Gasteiger partial charge in [-0.1, -0.05) is 53.2 Å². The standard InChI is InChI=1S/C25H25BrN2O2S2/c1-4-6-21-16(3)22-23(32-21)27-25(31-15-17-7-9-18(26)10-8-17)28(24(22)29)19-11-13-20(14-12-19)30-5-2/h7-14H,4-6,15H2,1-3H3. The van der Waals surface area contributed by atoms with E-state index in [0.717, 1.165) is 50.3 Å². The lowest BCUT2D eigenvalue weighted by Gasteiger charge is -2.13. The average molecular weight is 530 g/mol. The highest BCUT2D eigenvalue weighted by molar-refractivity contribution is 9.10. The van der Waals surface area contributed by atoms with Crippen molar-refractivity contribution in [2.75, 3.05) is 6.61 Å². The first kappa shape index (κ1) is 23.1. The van der Waals surface area contributed by atoms with Crippen molar-refractivity contribution in [2.24, 2.45) is 0 Å². The Hall–Kier alpha value is -2.09. The van der Waals surface area contributed by atoms with Gasteiger partial charge in [0, 0.05) is 15.1 Å². The number of thioether (sulfide) groups is 1. The Kier molecular flexibility index (Phi) is 7.38. The molecule has 0 amide bonds. The molecule has 0 aliphatic rings. The van der Waals surface area contributed by atoms with Gasteiger partial charge in [0.2, 0.25) is 0 Å². The van der Waals surface area contributed by atoms with Crippen LogP contribution < -0.4 is 10.3 Å². The molecule has 166 valence electrons. The van der Waals surface area contributed by atoms with Gasteiger partial charge in [0.15, 0.2) is 5.16 Å². The summed E-state index contributed by atoms with van der Waals surface area (Å²) >= 11 is 6.72. The first-order chi connectivity index (χ1) is 15.5. The van der Waals surface area contributed by atoms with E-state index in [-0.39, 0.29) is 5.56 Å². The quantitative estimate of drug-likeness (QED) is 0.179. The number of aryl methyl sites for hydroxylation is 2. The molecule has 4 nitrogen and oxygen atoms in total. The Morgan fingerprint density at radius 2 is 1.81 bits per heavy atom. The fraction of sp³-hybridized carbons (Fsp3) is 0.280. The Balaban J connectivity index is 1.82. The minimum Gasteiger partial charge on any atom is -0.494 e. The van der Waals surface area contributed by atoms with E-state index in [1.54, 1.807) is 27.7 Å². The fourth-order valence-corrected chi connectivity index (χ4v) is 6.14. The van der Waals surface area contributed by atoms with Gasteiger partial charge in [-0.2, -0.15) is 0 Å². The van der Waals surface area contributed by atoms with Gasteiger partial charge in [-0.15, -0.1) is 11.3 Å². The lowest BCUT2D eigenvalue weighted by molar-refractivity contribution is 0.340. The largest absolute Gasteiger partial charge is 0.494 e. The maximum absolute atomic E-state index is 13.7. The van der Waals surface area contributed by atoms with Crippen molar-refractivity contribution in [2.45, 2.75) is 44.5 Å². The van der Waals surface area contributed by atoms with E-state index in [1.807, 2.05) is 50.2 Å². The van der Waals surface area contributed by atoms with Gasteiger partial charge < -0.3 is 4.74 Å². The van der Waals surface area contributed by atoms with Crippen molar-refractivity contribution in [3.05, 3.63) is 79.4 Å². The van der Waals surface area contributed by atoms with Gasteiger partial charge in [0.25, 0.3) is 5.56 Å². The van der Waals surface area contributed by atoms with Crippen LogP contribution in [-0.2, 0) is 12.2 Å². The molecule has 0 aliphatic heterocycles. The number of halogens is 1. The minimum absolute atomic E-state index is 0.00595. The molecule has 2 aromatic heterocycles. The van der Waals surface area contributed by atoms with Gasteiger partial charge in [-0.3, -0.25) is 9.36 Å². The van der Waals surface area contributed by atoms with Gasteiger partial charge >= 0.3 is 0 Å². The number of aromatic nitrogens is 2. The molecule has 32 heavy (non-hydrogen) atoms. The van der Waals surface area contributed by atoms with Crippen LogP contribution in [0, 0.1) is 6.92 Å². The zero-order chi connectivity index (χ0) is 22.7. The van der Waals surface area contributed by atoms with E-state index in [2.05, 4.69) is 35.0 Å². The molecule has 0 spiro atoms. The first-order valence-electron chi connectivity index (χ1n) is 10.7. The summed E-state index contributed by atoms with van der Waals surface area (Å²) in [6.45, 7) is 6.77. The number of benzene rings is 2. The highest BCUT2D eigenvalue weighted by Crippen LogP contribution is 2.32. The zero-order valence-electron chi connectivity index (χ0n) is 18.4. The third-order valence-corrected chi connectivity index (χ3v) is 7.98. The summed E-state index contributed by atoms with van der Waals surface area (Å²) in [5, 5.41) is 1.44. The molecule has 0 bridgehead atoms. The second-order valence-electron chi connectivity index (χ2n) is 7.46. The second-order valence-corrected chi connectivity index (χ2v) is 10.4. The molecule has 7 heteroatoms. The third kappa shape index (κ3) is 4.80. The number of fused-ring (bicyclic) bond motifs is 1. The smallest absolute Gasteiger partial charge is 0.267 e. The molecule has 0 saturated carbocycles. The lowest BCUT2D eigenvalue weighted by Crippen LogP contribution is -2.21. The molecule has 4 rings (SSSR count). The SMILES string of the molecule is CCCc1sc2nc(SCc3ccc(Br)cc3)n(-c3ccc(OCC)cc3)c(=O)c2c1C. The molecule has 0 aliphatic carbocycles. The molecular weight excluding hydrogens is 504 g/mol. The Labute approximate surface area is 204 Å². The van der Waals surface area contributed by atoms with Crippen LogP contribution in [0.25, 0.3) is 15.9 Å². The van der Waals surface area contributed by atoms with Gasteiger partial charge in [-0.05, 0) is 67.8 Å². The highest BCUT2D eigenvalue weighted by Gasteiger charge is 2.19. The van der Waals surface area contributed by atoms with Crippen LogP contribution in [-0.4, -0.2) is 16.2 Å². The predicted octanol–water partition coefficient (Wildman–Crippen LogP) is 7.16. The van der Waals surface area contributed by atoms with Crippen molar-refractivity contribution >= 4 is 49.2 Å². The van der Waals surface area contributed by atoms with E-state index in [1.165, 1.54) is 10.4 Å². The summed E-state index contributed by atoms with van der Waals surface area (Å²) in [7, 11) is 0. The van der Waals surface area contributed by atoms with Crippen LogP contribution in [0.4, 0.5) is 0 Å². The van der Waals surface area contributed by atoms with E-state index >= 15 is 0 Å². The summed E-state index contributed by atoms with van der Waals surface area (Å²) in [5.74, 6) is 1.52. The molecule has 0 saturated heterocycles. The Morgan fingerprint density at radius 1 is 1.09 bits per heavy atom. The minimum atomic E-state index is -0.00595. The number of nitrogens with zero attached hydrogens (tertiary/aromatic N) is 2. The monoisotopic (exact) mass is 528 g/mol. The molecule has 0 unspecified atom stereocenters. The Bertz CT molecular complexity index is 1280. The highest BCUT2D eigenvalue weighted by atomic mass is 79.9. The molecular formula is C25H25BrN2O2S2. The van der Waals surface area contributed by atoms with Crippen LogP contribution in [0.1, 0.15) is 36.3 Å².